The molecule has 84 valence electrons. The van der Waals surface area contributed by atoms with E-state index in [4.69, 9.17) is 0 Å². The Hall–Kier alpha value is -1.79. The van der Waals surface area contributed by atoms with E-state index < -0.39 is 10.1 Å². The molecule has 0 aliphatic rings. The van der Waals surface area contributed by atoms with E-state index in [0.717, 1.165) is 12.1 Å². The van der Waals surface area contributed by atoms with Gasteiger partial charge in [-0.1, -0.05) is 6.07 Å². The molecule has 0 saturated carbocycles. The van der Waals surface area contributed by atoms with Crippen molar-refractivity contribution in [2.45, 2.75) is 4.90 Å². The van der Waals surface area contributed by atoms with Gasteiger partial charge in [-0.15, -0.1) is 0 Å². The van der Waals surface area contributed by atoms with Gasteiger partial charge in [-0.05, 0) is 35.0 Å². The second kappa shape index (κ2) is 3.36. The summed E-state index contributed by atoms with van der Waals surface area (Å²) < 4.78 is 32.3. The zero-order chi connectivity index (χ0) is 11.9. The van der Waals surface area contributed by atoms with Gasteiger partial charge in [0.2, 0.25) is 0 Å². The topological polar surface area (TPSA) is 97.7 Å². The fourth-order valence-corrected chi connectivity index (χ4v) is 1.91. The van der Waals surface area contributed by atoms with E-state index in [2.05, 4.69) is 0 Å². The van der Waals surface area contributed by atoms with Crippen molar-refractivity contribution in [2.24, 2.45) is 0 Å². The summed E-state index contributed by atoms with van der Waals surface area (Å²) in [7, 11) is -4.51. The van der Waals surface area contributed by atoms with Crippen molar-refractivity contribution in [3.8, 4) is 11.5 Å². The van der Waals surface area contributed by atoms with Gasteiger partial charge < -0.3 is 14.8 Å². The van der Waals surface area contributed by atoms with Crippen molar-refractivity contribution in [3.05, 3.63) is 30.3 Å². The standard InChI is InChI=1S/C10H8O5S/c11-9-4-6-1-2-8(16(13,14)15)3-7(6)5-10(9)12/h1-5,11-12H,(H,13,14,15)/p-1. The Morgan fingerprint density at radius 2 is 1.50 bits per heavy atom. The Kier molecular flexibility index (Phi) is 2.25. The first-order valence-corrected chi connectivity index (χ1v) is 5.70. The highest BCUT2D eigenvalue weighted by molar-refractivity contribution is 7.85. The maximum atomic E-state index is 10.8. The summed E-state index contributed by atoms with van der Waals surface area (Å²) in [5.41, 5.74) is 0. The summed E-state index contributed by atoms with van der Waals surface area (Å²) >= 11 is 0. The SMILES string of the molecule is O=S(=O)([O-])c1ccc2cc(O)c(O)cc2c1. The predicted octanol–water partition coefficient (Wildman–Crippen LogP) is 1.16. The van der Waals surface area contributed by atoms with Gasteiger partial charge in [0.15, 0.2) is 11.5 Å². The Labute approximate surface area is 91.3 Å². The van der Waals surface area contributed by atoms with Crippen LogP contribution in [0.1, 0.15) is 0 Å². The third-order valence-electron chi connectivity index (χ3n) is 2.19. The molecule has 16 heavy (non-hydrogen) atoms. The largest absolute Gasteiger partial charge is 0.744 e. The lowest BCUT2D eigenvalue weighted by Gasteiger charge is -2.08. The highest BCUT2D eigenvalue weighted by Gasteiger charge is 2.06. The van der Waals surface area contributed by atoms with Crippen molar-refractivity contribution in [1.29, 1.82) is 0 Å². The number of phenols is 2. The van der Waals surface area contributed by atoms with Crippen LogP contribution in [-0.2, 0) is 10.1 Å². The normalized spacial score (nSPS) is 11.8. The summed E-state index contributed by atoms with van der Waals surface area (Å²) in [6.45, 7) is 0. The average Bonchev–Trinajstić information content (AvgIpc) is 2.17. The fraction of sp³-hybridized carbons (Fsp3) is 0. The van der Waals surface area contributed by atoms with Crippen LogP contribution in [0.25, 0.3) is 10.8 Å². The molecule has 2 N–H and O–H groups in total. The van der Waals surface area contributed by atoms with Crippen LogP contribution >= 0.6 is 0 Å². The van der Waals surface area contributed by atoms with Gasteiger partial charge in [-0.2, -0.15) is 0 Å². The van der Waals surface area contributed by atoms with E-state index in [1.54, 1.807) is 0 Å². The lowest BCUT2D eigenvalue weighted by Crippen LogP contribution is -1.97. The van der Waals surface area contributed by atoms with E-state index in [9.17, 15) is 23.2 Å². The lowest BCUT2D eigenvalue weighted by molar-refractivity contribution is 0.405. The molecule has 0 aromatic heterocycles. The van der Waals surface area contributed by atoms with Gasteiger partial charge in [0.1, 0.15) is 10.1 Å². The summed E-state index contributed by atoms with van der Waals surface area (Å²) in [6, 6.07) is 6.17. The number of hydrogen-bond acceptors (Lipinski definition) is 5. The molecule has 2 aromatic carbocycles. The van der Waals surface area contributed by atoms with Crippen LogP contribution in [-0.4, -0.2) is 23.2 Å². The third kappa shape index (κ3) is 1.80. The zero-order valence-corrected chi connectivity index (χ0v) is 8.73. The molecule has 0 spiro atoms. The minimum atomic E-state index is -4.51. The van der Waals surface area contributed by atoms with Crippen molar-refractivity contribution < 1.29 is 23.2 Å². The number of rotatable bonds is 1. The maximum Gasteiger partial charge on any atom is 0.158 e. The molecule has 2 aromatic rings. The van der Waals surface area contributed by atoms with Gasteiger partial charge in [-0.25, -0.2) is 8.42 Å². The zero-order valence-electron chi connectivity index (χ0n) is 7.91. The molecule has 0 bridgehead atoms. The molecule has 0 radical (unpaired) electrons. The minimum Gasteiger partial charge on any atom is -0.744 e. The maximum absolute atomic E-state index is 10.8. The van der Waals surface area contributed by atoms with Gasteiger partial charge in [-0.3, -0.25) is 0 Å². The second-order valence-corrected chi connectivity index (χ2v) is 4.68. The van der Waals surface area contributed by atoms with Crippen LogP contribution in [0.2, 0.25) is 0 Å². The van der Waals surface area contributed by atoms with Crippen molar-refractivity contribution in [1.82, 2.24) is 0 Å². The van der Waals surface area contributed by atoms with Crippen LogP contribution in [0.3, 0.4) is 0 Å². The predicted molar refractivity (Wildman–Crippen MR) is 55.2 cm³/mol. The smallest absolute Gasteiger partial charge is 0.158 e. The number of benzene rings is 2. The van der Waals surface area contributed by atoms with Gasteiger partial charge >= 0.3 is 0 Å². The molecule has 6 heteroatoms. The molecule has 0 unspecified atom stereocenters. The molecule has 0 atom stereocenters. The number of hydrogen-bond donors (Lipinski definition) is 2. The van der Waals surface area contributed by atoms with Crippen LogP contribution in [0.5, 0.6) is 11.5 Å². The Bertz CT molecular complexity index is 660. The Balaban J connectivity index is 2.77. The van der Waals surface area contributed by atoms with Crippen LogP contribution < -0.4 is 0 Å². The Morgan fingerprint density at radius 3 is 2.06 bits per heavy atom. The number of fused-ring (bicyclic) bond motifs is 1. The van der Waals surface area contributed by atoms with Crippen molar-refractivity contribution in [2.75, 3.05) is 0 Å². The summed E-state index contributed by atoms with van der Waals surface area (Å²) in [6.07, 6.45) is 0. The average molecular weight is 239 g/mol. The molecular formula is C10H7O5S-. The third-order valence-corrected chi connectivity index (χ3v) is 3.03. The van der Waals surface area contributed by atoms with Crippen LogP contribution in [0.15, 0.2) is 35.2 Å². The quantitative estimate of drug-likeness (QED) is 0.574. The van der Waals surface area contributed by atoms with Crippen LogP contribution in [0, 0.1) is 0 Å². The molecule has 5 nitrogen and oxygen atoms in total. The molecule has 0 aliphatic carbocycles. The monoisotopic (exact) mass is 239 g/mol. The molecule has 0 fully saturated rings. The highest BCUT2D eigenvalue weighted by Crippen LogP contribution is 2.31. The van der Waals surface area contributed by atoms with E-state index in [1.165, 1.54) is 18.2 Å². The van der Waals surface area contributed by atoms with Gasteiger partial charge in [0, 0.05) is 0 Å². The molecule has 0 saturated heterocycles. The van der Waals surface area contributed by atoms with Crippen LogP contribution in [0.4, 0.5) is 0 Å². The summed E-state index contributed by atoms with van der Waals surface area (Å²) in [5, 5.41) is 19.3. The van der Waals surface area contributed by atoms with Gasteiger partial charge in [0.05, 0.1) is 4.90 Å². The molecule has 0 amide bonds. The lowest BCUT2D eigenvalue weighted by atomic mass is 10.1. The minimum absolute atomic E-state index is 0.301. The fourth-order valence-electron chi connectivity index (χ4n) is 1.41. The van der Waals surface area contributed by atoms with Crippen molar-refractivity contribution >= 4 is 20.9 Å². The van der Waals surface area contributed by atoms with E-state index in [-0.39, 0.29) is 16.4 Å². The molecular weight excluding hydrogens is 232 g/mol. The molecule has 0 aliphatic heterocycles. The van der Waals surface area contributed by atoms with E-state index in [1.807, 2.05) is 0 Å². The first-order valence-electron chi connectivity index (χ1n) is 4.29. The van der Waals surface area contributed by atoms with Gasteiger partial charge in [0.25, 0.3) is 0 Å². The highest BCUT2D eigenvalue weighted by atomic mass is 32.2. The number of aromatic hydroxyl groups is 2. The summed E-state index contributed by atoms with van der Waals surface area (Å²) in [5.74, 6) is -0.668. The van der Waals surface area contributed by atoms with E-state index >= 15 is 0 Å². The second-order valence-electron chi connectivity index (χ2n) is 3.30. The molecule has 0 heterocycles. The molecule has 2 rings (SSSR count). The number of phenolic OH excluding ortho intramolecular Hbond substituents is 2. The first-order chi connectivity index (χ1) is 7.38. The first kappa shape index (κ1) is 10.7. The summed E-state index contributed by atoms with van der Waals surface area (Å²) in [4.78, 5) is -0.370. The van der Waals surface area contributed by atoms with Crippen molar-refractivity contribution in [3.63, 3.8) is 0 Å². The van der Waals surface area contributed by atoms with E-state index in [0.29, 0.717) is 10.8 Å². The Morgan fingerprint density at radius 1 is 0.938 bits per heavy atom.